The van der Waals surface area contributed by atoms with E-state index >= 15 is 0 Å². The van der Waals surface area contributed by atoms with Crippen LogP contribution < -0.4 is 10.2 Å². The average molecular weight is 286 g/mol. The smallest absolute Gasteiger partial charge is 0.311 e. The van der Waals surface area contributed by atoms with E-state index in [0.717, 1.165) is 18.6 Å². The van der Waals surface area contributed by atoms with Crippen molar-refractivity contribution >= 4 is 11.6 Å². The minimum atomic E-state index is -4.40. The van der Waals surface area contributed by atoms with Crippen LogP contribution in [0.25, 0.3) is 0 Å². The minimum absolute atomic E-state index is 0.166. The fourth-order valence-corrected chi connectivity index (χ4v) is 2.46. The molecule has 110 valence electrons. The number of nitrogens with zero attached hydrogens (tertiary/aromatic N) is 1. The Morgan fingerprint density at radius 1 is 1.35 bits per heavy atom. The van der Waals surface area contributed by atoms with Gasteiger partial charge in [0.05, 0.1) is 11.6 Å². The molecule has 20 heavy (non-hydrogen) atoms. The number of piperidine rings is 1. The largest absolute Gasteiger partial charge is 0.416 e. The first-order valence-corrected chi connectivity index (χ1v) is 6.51. The quantitative estimate of drug-likeness (QED) is 0.906. The average Bonchev–Trinajstić information content (AvgIpc) is 2.38. The molecular weight excluding hydrogens is 269 g/mol. The van der Waals surface area contributed by atoms with E-state index in [2.05, 4.69) is 5.32 Å². The number of rotatable bonds is 2. The molecular formula is C14H17F3N2O. The maximum Gasteiger partial charge on any atom is 0.416 e. The first-order valence-electron chi connectivity index (χ1n) is 6.51. The monoisotopic (exact) mass is 286 g/mol. The van der Waals surface area contributed by atoms with Crippen LogP contribution in [0.15, 0.2) is 18.2 Å². The van der Waals surface area contributed by atoms with Crippen molar-refractivity contribution in [3.63, 3.8) is 0 Å². The normalized spacial score (nSPS) is 20.4. The predicted molar refractivity (Wildman–Crippen MR) is 70.6 cm³/mol. The number of aryl methyl sites for hydroxylation is 1. The molecule has 3 nitrogen and oxygen atoms in total. The first kappa shape index (κ1) is 14.8. The van der Waals surface area contributed by atoms with E-state index in [1.807, 2.05) is 0 Å². The molecule has 1 fully saturated rings. The summed E-state index contributed by atoms with van der Waals surface area (Å²) < 4.78 is 38.4. The minimum Gasteiger partial charge on any atom is -0.311 e. The summed E-state index contributed by atoms with van der Waals surface area (Å²) in [6.07, 6.45) is -2.92. The molecule has 0 spiro atoms. The highest BCUT2D eigenvalue weighted by molar-refractivity contribution is 5.98. The van der Waals surface area contributed by atoms with Gasteiger partial charge < -0.3 is 10.2 Å². The molecule has 1 heterocycles. The van der Waals surface area contributed by atoms with Gasteiger partial charge in [0.2, 0.25) is 5.91 Å². The number of benzene rings is 1. The van der Waals surface area contributed by atoms with Crippen molar-refractivity contribution in [2.24, 2.45) is 0 Å². The lowest BCUT2D eigenvalue weighted by molar-refractivity contribution is -0.137. The Balaban J connectivity index is 2.38. The van der Waals surface area contributed by atoms with Crippen molar-refractivity contribution in [1.29, 1.82) is 0 Å². The molecule has 1 N–H and O–H groups in total. The molecule has 0 saturated carbocycles. The van der Waals surface area contributed by atoms with Gasteiger partial charge in [-0.3, -0.25) is 4.79 Å². The summed E-state index contributed by atoms with van der Waals surface area (Å²) in [5.74, 6) is -0.166. The zero-order valence-corrected chi connectivity index (χ0v) is 11.4. The number of hydrogen-bond acceptors (Lipinski definition) is 2. The van der Waals surface area contributed by atoms with E-state index in [4.69, 9.17) is 0 Å². The van der Waals surface area contributed by atoms with Crippen LogP contribution in [-0.4, -0.2) is 25.5 Å². The maximum atomic E-state index is 12.8. The van der Waals surface area contributed by atoms with Crippen molar-refractivity contribution < 1.29 is 18.0 Å². The molecule has 0 radical (unpaired) electrons. The van der Waals surface area contributed by atoms with Crippen molar-refractivity contribution in [2.75, 3.05) is 18.5 Å². The molecule has 1 atom stereocenters. The van der Waals surface area contributed by atoms with Crippen LogP contribution in [0.1, 0.15) is 24.0 Å². The van der Waals surface area contributed by atoms with Crippen LogP contribution in [0.3, 0.4) is 0 Å². The second kappa shape index (κ2) is 5.44. The second-order valence-electron chi connectivity index (χ2n) is 4.97. The third kappa shape index (κ3) is 2.80. The Labute approximate surface area is 115 Å². The van der Waals surface area contributed by atoms with Gasteiger partial charge >= 0.3 is 6.18 Å². The first-order chi connectivity index (χ1) is 9.34. The topological polar surface area (TPSA) is 32.3 Å². The van der Waals surface area contributed by atoms with Crippen LogP contribution in [0.2, 0.25) is 0 Å². The Hall–Kier alpha value is -1.56. The van der Waals surface area contributed by atoms with Crippen LogP contribution in [0.5, 0.6) is 0 Å². The van der Waals surface area contributed by atoms with E-state index < -0.39 is 11.7 Å². The van der Waals surface area contributed by atoms with Gasteiger partial charge in [-0.1, -0.05) is 6.07 Å². The molecule has 1 aromatic carbocycles. The zero-order chi connectivity index (χ0) is 14.9. The van der Waals surface area contributed by atoms with E-state index in [1.165, 1.54) is 11.0 Å². The number of alkyl halides is 3. The molecule has 0 bridgehead atoms. The summed E-state index contributed by atoms with van der Waals surface area (Å²) in [6.45, 7) is 2.17. The number of amides is 1. The molecule has 0 aromatic heterocycles. The molecule has 1 saturated heterocycles. The molecule has 1 amide bonds. The predicted octanol–water partition coefficient (Wildman–Crippen LogP) is 2.73. The van der Waals surface area contributed by atoms with E-state index in [1.54, 1.807) is 14.0 Å². The lowest BCUT2D eigenvalue weighted by Gasteiger charge is -2.33. The lowest BCUT2D eigenvalue weighted by Crippen LogP contribution is -2.50. The van der Waals surface area contributed by atoms with Gasteiger partial charge in [0.25, 0.3) is 0 Å². The fourth-order valence-electron chi connectivity index (χ4n) is 2.46. The Morgan fingerprint density at radius 2 is 2.05 bits per heavy atom. The summed E-state index contributed by atoms with van der Waals surface area (Å²) in [5, 5.41) is 2.90. The highest BCUT2D eigenvalue weighted by Crippen LogP contribution is 2.34. The van der Waals surface area contributed by atoms with Crippen molar-refractivity contribution in [3.05, 3.63) is 29.3 Å². The summed E-state index contributed by atoms with van der Waals surface area (Å²) in [6, 6.07) is 3.19. The molecule has 1 aromatic rings. The van der Waals surface area contributed by atoms with E-state index in [-0.39, 0.29) is 11.9 Å². The fraction of sp³-hybridized carbons (Fsp3) is 0.500. The van der Waals surface area contributed by atoms with Crippen LogP contribution >= 0.6 is 0 Å². The summed E-state index contributed by atoms with van der Waals surface area (Å²) >= 11 is 0. The maximum absolute atomic E-state index is 12.8. The van der Waals surface area contributed by atoms with Crippen LogP contribution in [0.4, 0.5) is 18.9 Å². The molecule has 1 aliphatic heterocycles. The lowest BCUT2D eigenvalue weighted by atomic mass is 10.0. The van der Waals surface area contributed by atoms with Gasteiger partial charge in [-0.15, -0.1) is 0 Å². The van der Waals surface area contributed by atoms with Gasteiger partial charge in [0.15, 0.2) is 0 Å². The number of halogens is 3. The number of carbonyl (C=O) groups excluding carboxylic acids is 1. The van der Waals surface area contributed by atoms with Gasteiger partial charge in [0.1, 0.15) is 0 Å². The molecule has 0 aliphatic carbocycles. The molecule has 2 rings (SSSR count). The third-order valence-corrected chi connectivity index (χ3v) is 3.61. The SMILES string of the molecule is CNC1CCCN(c2cc(C(F)(F)F)ccc2C)C1=O. The molecule has 1 aliphatic rings. The summed E-state index contributed by atoms with van der Waals surface area (Å²) in [5.41, 5.74) is 0.297. The van der Waals surface area contributed by atoms with Crippen molar-refractivity contribution in [2.45, 2.75) is 32.0 Å². The third-order valence-electron chi connectivity index (χ3n) is 3.61. The van der Waals surface area contributed by atoms with Crippen molar-refractivity contribution in [3.8, 4) is 0 Å². The summed E-state index contributed by atoms with van der Waals surface area (Å²) in [4.78, 5) is 13.7. The standard InChI is InChI=1S/C14H17F3N2O/c1-9-5-6-10(14(15,16)17)8-12(9)19-7-3-4-11(18-2)13(19)20/h5-6,8,11,18H,3-4,7H2,1-2H3. The van der Waals surface area contributed by atoms with E-state index in [9.17, 15) is 18.0 Å². The Kier molecular flexibility index (Phi) is 4.04. The van der Waals surface area contributed by atoms with Crippen molar-refractivity contribution in [1.82, 2.24) is 5.32 Å². The Bertz CT molecular complexity index is 514. The van der Waals surface area contributed by atoms with Gasteiger partial charge in [-0.2, -0.15) is 13.2 Å². The molecule has 1 unspecified atom stereocenters. The number of anilines is 1. The van der Waals surface area contributed by atoms with Crippen LogP contribution in [0, 0.1) is 6.92 Å². The highest BCUT2D eigenvalue weighted by Gasteiger charge is 2.33. The zero-order valence-electron chi connectivity index (χ0n) is 11.4. The summed E-state index contributed by atoms with van der Waals surface area (Å²) in [7, 11) is 1.69. The van der Waals surface area contributed by atoms with Crippen LogP contribution in [-0.2, 0) is 11.0 Å². The van der Waals surface area contributed by atoms with Gasteiger partial charge in [0, 0.05) is 12.2 Å². The molecule has 6 heteroatoms. The van der Waals surface area contributed by atoms with Gasteiger partial charge in [-0.25, -0.2) is 0 Å². The van der Waals surface area contributed by atoms with Gasteiger partial charge in [-0.05, 0) is 44.5 Å². The number of nitrogens with one attached hydrogen (secondary N) is 1. The number of likely N-dealkylation sites (N-methyl/N-ethyl adjacent to an activating group) is 1. The highest BCUT2D eigenvalue weighted by atomic mass is 19.4. The van der Waals surface area contributed by atoms with E-state index in [0.29, 0.717) is 24.2 Å². The Morgan fingerprint density at radius 3 is 2.65 bits per heavy atom. The number of hydrogen-bond donors (Lipinski definition) is 1. The second-order valence-corrected chi connectivity index (χ2v) is 4.97. The number of carbonyl (C=O) groups is 1.